The summed E-state index contributed by atoms with van der Waals surface area (Å²) in [5.74, 6) is 0.148. The summed E-state index contributed by atoms with van der Waals surface area (Å²) in [5.41, 5.74) is 1.29. The second-order valence-electron chi connectivity index (χ2n) is 7.59. The number of benzene rings is 2. The first-order valence-corrected chi connectivity index (χ1v) is 10.9. The average Bonchev–Trinajstić information content (AvgIpc) is 2.88. The molecule has 1 amide bonds. The van der Waals surface area contributed by atoms with E-state index in [2.05, 4.69) is 0 Å². The monoisotopic (exact) mass is 481 g/mol. The van der Waals surface area contributed by atoms with Crippen LogP contribution in [0, 0.1) is 0 Å². The van der Waals surface area contributed by atoms with Crippen LogP contribution in [0.25, 0.3) is 12.2 Å². The highest BCUT2D eigenvalue weighted by atomic mass is 16.6. The highest BCUT2D eigenvalue weighted by Crippen LogP contribution is 2.29. The lowest BCUT2D eigenvalue weighted by Gasteiger charge is -2.26. The number of rotatable bonds is 9. The summed E-state index contributed by atoms with van der Waals surface area (Å²) in [6.07, 6.45) is 4.93. The normalized spacial score (nSPS) is 13.7. The van der Waals surface area contributed by atoms with Crippen molar-refractivity contribution in [2.45, 2.75) is 6.42 Å². The summed E-state index contributed by atoms with van der Waals surface area (Å²) in [4.78, 5) is 38.2. The summed E-state index contributed by atoms with van der Waals surface area (Å²) in [6, 6.07) is 9.55. The first-order chi connectivity index (χ1) is 16.9. The van der Waals surface area contributed by atoms with E-state index < -0.39 is 6.09 Å². The highest BCUT2D eigenvalue weighted by Gasteiger charge is 2.20. The number of amides is 1. The van der Waals surface area contributed by atoms with Crippen LogP contribution in [0.15, 0.2) is 48.6 Å². The van der Waals surface area contributed by atoms with E-state index in [9.17, 15) is 19.5 Å². The molecule has 1 heterocycles. The van der Waals surface area contributed by atoms with Gasteiger partial charge in [0.2, 0.25) is 0 Å². The third-order valence-electron chi connectivity index (χ3n) is 5.13. The molecule has 0 saturated carbocycles. The Morgan fingerprint density at radius 2 is 1.46 bits per heavy atom. The van der Waals surface area contributed by atoms with Crippen LogP contribution in [0.2, 0.25) is 0 Å². The van der Waals surface area contributed by atoms with Gasteiger partial charge in [0.05, 0.1) is 33.9 Å². The van der Waals surface area contributed by atoms with Crippen molar-refractivity contribution in [1.29, 1.82) is 0 Å². The van der Waals surface area contributed by atoms with Crippen LogP contribution in [0.5, 0.6) is 23.0 Å². The first kappa shape index (κ1) is 25.5. The minimum atomic E-state index is -0.484. The van der Waals surface area contributed by atoms with E-state index >= 15 is 0 Å². The summed E-state index contributed by atoms with van der Waals surface area (Å²) in [5, 5.41) is 9.62. The quantitative estimate of drug-likeness (QED) is 0.428. The molecule has 9 nitrogen and oxygen atoms in total. The number of phenolic OH excluding ortho intramolecular Hbond substituents is 1. The van der Waals surface area contributed by atoms with Gasteiger partial charge in [-0.1, -0.05) is 24.3 Å². The van der Waals surface area contributed by atoms with E-state index in [1.807, 2.05) is 0 Å². The number of carbonyl (C=O) groups is 3. The van der Waals surface area contributed by atoms with Crippen LogP contribution in [-0.4, -0.2) is 68.2 Å². The second-order valence-corrected chi connectivity index (χ2v) is 7.59. The molecule has 1 N–H and O–H groups in total. The Bertz CT molecular complexity index is 1130. The minimum absolute atomic E-state index is 0.00350. The smallest absolute Gasteiger partial charge is 0.415 e. The number of hydrogen-bond donors (Lipinski definition) is 1. The number of nitrogens with zero attached hydrogens (tertiary/aromatic N) is 1. The lowest BCUT2D eigenvalue weighted by molar-refractivity contribution is -0.121. The Morgan fingerprint density at radius 1 is 0.886 bits per heavy atom. The molecule has 1 aliphatic rings. The molecule has 0 unspecified atom stereocenters. The van der Waals surface area contributed by atoms with Gasteiger partial charge in [0.1, 0.15) is 0 Å². The molecule has 1 fully saturated rings. The van der Waals surface area contributed by atoms with Gasteiger partial charge in [-0.2, -0.15) is 0 Å². The van der Waals surface area contributed by atoms with Crippen molar-refractivity contribution < 1.29 is 38.4 Å². The third-order valence-corrected chi connectivity index (χ3v) is 5.13. The minimum Gasteiger partial charge on any atom is -0.504 e. The molecule has 9 heteroatoms. The van der Waals surface area contributed by atoms with Crippen molar-refractivity contribution >= 4 is 29.8 Å². The molecule has 0 aromatic heterocycles. The summed E-state index contributed by atoms with van der Waals surface area (Å²) in [6.45, 7) is 1.85. The number of hydrogen-bond acceptors (Lipinski definition) is 8. The first-order valence-electron chi connectivity index (χ1n) is 10.9. The standard InChI is InChI=1S/C26H27NO8/c1-32-24-15-18(5-9-22(24)30)3-7-20(28)17-21(29)8-4-19-6-10-23(25(16-19)33-2)35-26(31)27-11-13-34-14-12-27/h3-10,15-16,30H,11-14,17H2,1-2H3. The van der Waals surface area contributed by atoms with Gasteiger partial charge in [0.25, 0.3) is 0 Å². The number of carbonyl (C=O) groups excluding carboxylic acids is 3. The number of ketones is 2. The molecule has 184 valence electrons. The van der Waals surface area contributed by atoms with Crippen LogP contribution >= 0.6 is 0 Å². The zero-order chi connectivity index (χ0) is 25.2. The Balaban J connectivity index is 1.56. The van der Waals surface area contributed by atoms with Crippen LogP contribution in [0.3, 0.4) is 0 Å². The fraction of sp³-hybridized carbons (Fsp3) is 0.269. The Kier molecular flexibility index (Phi) is 9.02. The summed E-state index contributed by atoms with van der Waals surface area (Å²) < 4.78 is 21.0. The molecule has 0 bridgehead atoms. The second kappa shape index (κ2) is 12.4. The Labute approximate surface area is 203 Å². The number of allylic oxidation sites excluding steroid dienone is 2. The molecule has 2 aromatic carbocycles. The molecule has 2 aromatic rings. The molecule has 0 radical (unpaired) electrons. The molecular formula is C26H27NO8. The largest absolute Gasteiger partial charge is 0.504 e. The fourth-order valence-electron chi connectivity index (χ4n) is 3.24. The maximum absolute atomic E-state index is 12.3. The van der Waals surface area contributed by atoms with E-state index in [0.717, 1.165) is 0 Å². The topological polar surface area (TPSA) is 112 Å². The predicted molar refractivity (Wildman–Crippen MR) is 129 cm³/mol. The zero-order valence-electron chi connectivity index (χ0n) is 19.6. The van der Waals surface area contributed by atoms with Crippen LogP contribution in [-0.2, 0) is 14.3 Å². The SMILES string of the molecule is COc1cc(C=CC(=O)CC(=O)C=Cc2ccc(OC(=O)N3CCOCC3)c(OC)c2)ccc1O. The number of aromatic hydroxyl groups is 1. The maximum atomic E-state index is 12.3. The molecule has 35 heavy (non-hydrogen) atoms. The maximum Gasteiger partial charge on any atom is 0.415 e. The number of phenols is 1. The van der Waals surface area contributed by atoms with Gasteiger partial charge in [0.15, 0.2) is 34.6 Å². The van der Waals surface area contributed by atoms with Crippen LogP contribution in [0.1, 0.15) is 17.5 Å². The predicted octanol–water partition coefficient (Wildman–Crippen LogP) is 3.50. The lowest BCUT2D eigenvalue weighted by Crippen LogP contribution is -2.42. The molecule has 1 saturated heterocycles. The van der Waals surface area contributed by atoms with Gasteiger partial charge in [-0.15, -0.1) is 0 Å². The van der Waals surface area contributed by atoms with Crippen LogP contribution in [0.4, 0.5) is 4.79 Å². The molecule has 0 atom stereocenters. The molecule has 0 spiro atoms. The lowest BCUT2D eigenvalue weighted by atomic mass is 10.1. The van der Waals surface area contributed by atoms with E-state index in [-0.39, 0.29) is 35.2 Å². The Morgan fingerprint density at radius 3 is 2.06 bits per heavy atom. The van der Waals surface area contributed by atoms with Crippen molar-refractivity contribution in [2.24, 2.45) is 0 Å². The van der Waals surface area contributed by atoms with Gasteiger partial charge < -0.3 is 29.0 Å². The number of morpholine rings is 1. The van der Waals surface area contributed by atoms with Crippen LogP contribution < -0.4 is 14.2 Å². The van der Waals surface area contributed by atoms with Gasteiger partial charge in [-0.25, -0.2) is 4.79 Å². The molecule has 1 aliphatic heterocycles. The fourth-order valence-corrected chi connectivity index (χ4v) is 3.24. The van der Waals surface area contributed by atoms with Crippen molar-refractivity contribution in [3.8, 4) is 23.0 Å². The summed E-state index contributed by atoms with van der Waals surface area (Å²) in [7, 11) is 2.88. The van der Waals surface area contributed by atoms with E-state index in [1.54, 1.807) is 47.4 Å². The van der Waals surface area contributed by atoms with E-state index in [1.165, 1.54) is 32.4 Å². The van der Waals surface area contributed by atoms with Gasteiger partial charge >= 0.3 is 6.09 Å². The van der Waals surface area contributed by atoms with E-state index in [4.69, 9.17) is 18.9 Å². The van der Waals surface area contributed by atoms with Crippen molar-refractivity contribution in [2.75, 3.05) is 40.5 Å². The van der Waals surface area contributed by atoms with Crippen molar-refractivity contribution in [3.63, 3.8) is 0 Å². The van der Waals surface area contributed by atoms with Gasteiger partial charge in [-0.05, 0) is 47.5 Å². The number of methoxy groups -OCH3 is 2. The highest BCUT2D eigenvalue weighted by molar-refractivity contribution is 6.10. The number of ether oxygens (including phenoxy) is 4. The van der Waals surface area contributed by atoms with Crippen molar-refractivity contribution in [1.82, 2.24) is 4.90 Å². The van der Waals surface area contributed by atoms with Crippen molar-refractivity contribution in [3.05, 3.63) is 59.7 Å². The summed E-state index contributed by atoms with van der Waals surface area (Å²) >= 11 is 0. The van der Waals surface area contributed by atoms with Gasteiger partial charge in [-0.3, -0.25) is 9.59 Å². The zero-order valence-corrected chi connectivity index (χ0v) is 19.6. The molecule has 0 aliphatic carbocycles. The van der Waals surface area contributed by atoms with Gasteiger partial charge in [0, 0.05) is 13.1 Å². The third kappa shape index (κ3) is 7.44. The molecular weight excluding hydrogens is 454 g/mol. The molecule has 3 rings (SSSR count). The average molecular weight is 482 g/mol. The Hall–Kier alpha value is -4.11. The van der Waals surface area contributed by atoms with E-state index in [0.29, 0.717) is 43.2 Å².